The molecule has 7 heteroatoms. The topological polar surface area (TPSA) is 57.8 Å². The van der Waals surface area contributed by atoms with Crippen molar-refractivity contribution in [2.45, 2.75) is 12.7 Å². The maximum absolute atomic E-state index is 12.4. The van der Waals surface area contributed by atoms with Crippen molar-refractivity contribution in [2.75, 3.05) is 0 Å². The number of fused-ring (bicyclic) bond motifs is 1. The molecular formula is C16H12F3N3O. The summed E-state index contributed by atoms with van der Waals surface area (Å²) in [5.74, 6) is -0.520. The van der Waals surface area contributed by atoms with Gasteiger partial charge in [0.1, 0.15) is 5.69 Å². The Morgan fingerprint density at radius 1 is 1.17 bits per heavy atom. The SMILES string of the molecule is O=C(NCc1ccc2[nH]ccc2c1)c1ccc(C(F)(F)F)cn1. The van der Waals surface area contributed by atoms with Crippen LogP contribution in [0.5, 0.6) is 0 Å². The number of carbonyl (C=O) groups excluding carboxylic acids is 1. The van der Waals surface area contributed by atoms with Gasteiger partial charge in [0, 0.05) is 24.5 Å². The van der Waals surface area contributed by atoms with E-state index in [1.54, 1.807) is 0 Å². The Kier molecular flexibility index (Phi) is 3.77. The number of hydrogen-bond donors (Lipinski definition) is 2. The quantitative estimate of drug-likeness (QED) is 0.776. The maximum Gasteiger partial charge on any atom is 0.417 e. The van der Waals surface area contributed by atoms with E-state index in [0.717, 1.165) is 28.6 Å². The third-order valence-corrected chi connectivity index (χ3v) is 3.39. The summed E-state index contributed by atoms with van der Waals surface area (Å²) < 4.78 is 37.3. The van der Waals surface area contributed by atoms with E-state index >= 15 is 0 Å². The zero-order chi connectivity index (χ0) is 16.4. The number of hydrogen-bond acceptors (Lipinski definition) is 2. The Morgan fingerprint density at radius 2 is 2.00 bits per heavy atom. The van der Waals surface area contributed by atoms with Gasteiger partial charge in [-0.25, -0.2) is 0 Å². The molecule has 2 aromatic heterocycles. The highest BCUT2D eigenvalue weighted by atomic mass is 19.4. The molecular weight excluding hydrogens is 307 g/mol. The third kappa shape index (κ3) is 3.33. The highest BCUT2D eigenvalue weighted by Gasteiger charge is 2.30. The number of pyridine rings is 1. The van der Waals surface area contributed by atoms with Crippen LogP contribution in [0.2, 0.25) is 0 Å². The molecule has 2 heterocycles. The van der Waals surface area contributed by atoms with E-state index in [1.807, 2.05) is 30.5 Å². The first-order chi connectivity index (χ1) is 10.9. The predicted molar refractivity (Wildman–Crippen MR) is 78.7 cm³/mol. The van der Waals surface area contributed by atoms with Crippen molar-refractivity contribution < 1.29 is 18.0 Å². The molecule has 0 unspecified atom stereocenters. The second-order valence-electron chi connectivity index (χ2n) is 5.01. The average Bonchev–Trinajstić information content (AvgIpc) is 2.99. The first-order valence-corrected chi connectivity index (χ1v) is 6.81. The van der Waals surface area contributed by atoms with Crippen LogP contribution in [0, 0.1) is 0 Å². The van der Waals surface area contributed by atoms with Crippen LogP contribution in [-0.2, 0) is 12.7 Å². The van der Waals surface area contributed by atoms with E-state index in [-0.39, 0.29) is 12.2 Å². The summed E-state index contributed by atoms with van der Waals surface area (Å²) >= 11 is 0. The van der Waals surface area contributed by atoms with Crippen LogP contribution in [0.3, 0.4) is 0 Å². The number of amides is 1. The average molecular weight is 319 g/mol. The lowest BCUT2D eigenvalue weighted by molar-refractivity contribution is -0.137. The zero-order valence-corrected chi connectivity index (χ0v) is 11.8. The Labute approximate surface area is 129 Å². The molecule has 0 aliphatic rings. The lowest BCUT2D eigenvalue weighted by Crippen LogP contribution is -2.24. The molecule has 0 saturated heterocycles. The molecule has 0 aliphatic carbocycles. The van der Waals surface area contributed by atoms with E-state index in [1.165, 1.54) is 0 Å². The lowest BCUT2D eigenvalue weighted by Gasteiger charge is -2.08. The predicted octanol–water partition coefficient (Wildman–Crippen LogP) is 3.51. The fourth-order valence-corrected chi connectivity index (χ4v) is 2.18. The molecule has 4 nitrogen and oxygen atoms in total. The smallest absolute Gasteiger partial charge is 0.361 e. The first-order valence-electron chi connectivity index (χ1n) is 6.81. The summed E-state index contributed by atoms with van der Waals surface area (Å²) in [7, 11) is 0. The zero-order valence-electron chi connectivity index (χ0n) is 11.8. The number of rotatable bonds is 3. The highest BCUT2D eigenvalue weighted by molar-refractivity contribution is 5.92. The molecule has 0 bridgehead atoms. The van der Waals surface area contributed by atoms with E-state index in [0.29, 0.717) is 6.20 Å². The number of benzene rings is 1. The third-order valence-electron chi connectivity index (χ3n) is 3.39. The van der Waals surface area contributed by atoms with Gasteiger partial charge in [-0.2, -0.15) is 13.2 Å². The molecule has 0 radical (unpaired) electrons. The molecule has 0 saturated carbocycles. The Morgan fingerprint density at radius 3 is 2.70 bits per heavy atom. The van der Waals surface area contributed by atoms with Crippen LogP contribution in [0.25, 0.3) is 10.9 Å². The van der Waals surface area contributed by atoms with Crippen molar-refractivity contribution in [1.29, 1.82) is 0 Å². The number of aromatic amines is 1. The van der Waals surface area contributed by atoms with Gasteiger partial charge in [-0.05, 0) is 41.3 Å². The monoisotopic (exact) mass is 319 g/mol. The molecule has 118 valence electrons. The number of nitrogens with one attached hydrogen (secondary N) is 2. The number of H-pyrrole nitrogens is 1. The van der Waals surface area contributed by atoms with Crippen molar-refractivity contribution in [3.05, 3.63) is 65.6 Å². The van der Waals surface area contributed by atoms with Gasteiger partial charge in [-0.15, -0.1) is 0 Å². The van der Waals surface area contributed by atoms with Crippen molar-refractivity contribution in [2.24, 2.45) is 0 Å². The fraction of sp³-hybridized carbons (Fsp3) is 0.125. The van der Waals surface area contributed by atoms with Gasteiger partial charge in [0.2, 0.25) is 0 Å². The first kappa shape index (κ1) is 15.1. The molecule has 0 fully saturated rings. The van der Waals surface area contributed by atoms with Gasteiger partial charge in [-0.3, -0.25) is 9.78 Å². The van der Waals surface area contributed by atoms with Crippen molar-refractivity contribution in [1.82, 2.24) is 15.3 Å². The molecule has 1 aromatic carbocycles. The Hall–Kier alpha value is -2.83. The number of carbonyl (C=O) groups is 1. The van der Waals surface area contributed by atoms with E-state index in [9.17, 15) is 18.0 Å². The lowest BCUT2D eigenvalue weighted by atomic mass is 10.1. The highest BCUT2D eigenvalue weighted by Crippen LogP contribution is 2.28. The van der Waals surface area contributed by atoms with Gasteiger partial charge in [0.25, 0.3) is 5.91 Å². The van der Waals surface area contributed by atoms with Crippen molar-refractivity contribution in [3.63, 3.8) is 0 Å². The molecule has 23 heavy (non-hydrogen) atoms. The van der Waals surface area contributed by atoms with Crippen LogP contribution in [0.4, 0.5) is 13.2 Å². The van der Waals surface area contributed by atoms with Gasteiger partial charge >= 0.3 is 6.18 Å². The van der Waals surface area contributed by atoms with Crippen LogP contribution < -0.4 is 5.32 Å². The summed E-state index contributed by atoms with van der Waals surface area (Å²) in [6.45, 7) is 0.267. The molecule has 1 amide bonds. The van der Waals surface area contributed by atoms with Gasteiger partial charge in [-0.1, -0.05) is 6.07 Å². The molecule has 0 spiro atoms. The molecule has 0 aliphatic heterocycles. The Balaban J connectivity index is 1.66. The molecule has 0 atom stereocenters. The van der Waals surface area contributed by atoms with E-state index < -0.39 is 17.6 Å². The molecule has 2 N–H and O–H groups in total. The van der Waals surface area contributed by atoms with Gasteiger partial charge < -0.3 is 10.3 Å². The minimum atomic E-state index is -4.46. The summed E-state index contributed by atoms with van der Waals surface area (Å²) in [4.78, 5) is 18.6. The van der Waals surface area contributed by atoms with Crippen LogP contribution >= 0.6 is 0 Å². The molecule has 3 aromatic rings. The summed E-state index contributed by atoms with van der Waals surface area (Å²) in [6.07, 6.45) is -1.99. The van der Waals surface area contributed by atoms with Crippen LogP contribution in [0.1, 0.15) is 21.6 Å². The van der Waals surface area contributed by atoms with Gasteiger partial charge in [0.05, 0.1) is 5.56 Å². The van der Waals surface area contributed by atoms with Crippen molar-refractivity contribution in [3.8, 4) is 0 Å². The van der Waals surface area contributed by atoms with Crippen molar-refractivity contribution >= 4 is 16.8 Å². The van der Waals surface area contributed by atoms with Crippen LogP contribution in [-0.4, -0.2) is 15.9 Å². The number of aromatic nitrogens is 2. The Bertz CT molecular complexity index is 838. The van der Waals surface area contributed by atoms with Crippen LogP contribution in [0.15, 0.2) is 48.8 Å². The summed E-state index contributed by atoms with van der Waals surface area (Å²) in [6, 6.07) is 9.50. The van der Waals surface area contributed by atoms with E-state index in [4.69, 9.17) is 0 Å². The summed E-state index contributed by atoms with van der Waals surface area (Å²) in [5.41, 5.74) is 0.939. The minimum Gasteiger partial charge on any atom is -0.361 e. The molecule has 3 rings (SSSR count). The van der Waals surface area contributed by atoms with E-state index in [2.05, 4.69) is 15.3 Å². The standard InChI is InChI=1S/C16H12F3N3O/c17-16(18,19)12-2-4-14(21-9-12)15(23)22-8-10-1-3-13-11(7-10)5-6-20-13/h1-7,9,20H,8H2,(H,22,23). The summed E-state index contributed by atoms with van der Waals surface area (Å²) in [5, 5.41) is 3.66. The number of alkyl halides is 3. The largest absolute Gasteiger partial charge is 0.417 e. The second kappa shape index (κ2) is 5.75. The number of halogens is 3. The fourth-order valence-electron chi connectivity index (χ4n) is 2.18. The maximum atomic E-state index is 12.4. The van der Waals surface area contributed by atoms with Gasteiger partial charge in [0.15, 0.2) is 0 Å². The normalized spacial score (nSPS) is 11.6. The minimum absolute atomic E-state index is 0.0549. The second-order valence-corrected chi connectivity index (χ2v) is 5.01. The number of nitrogens with zero attached hydrogens (tertiary/aromatic N) is 1.